The van der Waals surface area contributed by atoms with Crippen molar-refractivity contribution in [2.24, 2.45) is 0 Å². The van der Waals surface area contributed by atoms with Gasteiger partial charge < -0.3 is 10.2 Å². The van der Waals surface area contributed by atoms with Crippen molar-refractivity contribution in [1.29, 1.82) is 0 Å². The highest BCUT2D eigenvalue weighted by Crippen LogP contribution is 2.16. The van der Waals surface area contributed by atoms with E-state index < -0.39 is 0 Å². The lowest BCUT2D eigenvalue weighted by Crippen LogP contribution is -2.46. The summed E-state index contributed by atoms with van der Waals surface area (Å²) in [4.78, 5) is 17.6. The molecule has 24 heavy (non-hydrogen) atoms. The molecular weight excluding hydrogens is 307 g/mol. The van der Waals surface area contributed by atoms with Crippen LogP contribution >= 0.6 is 0 Å². The first-order valence-electron chi connectivity index (χ1n) is 8.30. The molecule has 1 saturated heterocycles. The topological polar surface area (TPSA) is 57.2 Å². The summed E-state index contributed by atoms with van der Waals surface area (Å²) in [6.45, 7) is 9.10. The Morgan fingerprint density at radius 3 is 2.62 bits per heavy atom. The lowest BCUT2D eigenvalue weighted by Gasteiger charge is -2.34. The molecule has 0 unspecified atom stereocenters. The van der Waals surface area contributed by atoms with Crippen molar-refractivity contribution in [3.05, 3.63) is 41.6 Å². The van der Waals surface area contributed by atoms with Crippen LogP contribution in [0.25, 0.3) is 0 Å². The fraction of sp³-hybridized carbons (Fsp3) is 0.471. The summed E-state index contributed by atoms with van der Waals surface area (Å²) in [7, 11) is 0. The highest BCUT2D eigenvalue weighted by atomic mass is 19.1. The quantitative estimate of drug-likeness (QED) is 0.906. The molecule has 2 aromatic heterocycles. The van der Waals surface area contributed by atoms with E-state index in [1.807, 2.05) is 13.0 Å². The number of halogens is 1. The number of anilines is 2. The number of aromatic nitrogens is 3. The normalized spacial score (nSPS) is 15.5. The van der Waals surface area contributed by atoms with Crippen LogP contribution in [0.15, 0.2) is 24.5 Å². The summed E-state index contributed by atoms with van der Waals surface area (Å²) in [6.07, 6.45) is 2.96. The van der Waals surface area contributed by atoms with E-state index in [1.165, 1.54) is 6.20 Å². The van der Waals surface area contributed by atoms with Gasteiger partial charge in [0.15, 0.2) is 0 Å². The largest absolute Gasteiger partial charge is 0.370 e. The fourth-order valence-electron chi connectivity index (χ4n) is 2.87. The zero-order valence-electron chi connectivity index (χ0n) is 14.2. The number of hydrogen-bond acceptors (Lipinski definition) is 6. The van der Waals surface area contributed by atoms with Crippen LogP contribution < -0.4 is 10.2 Å². The number of aryl methyl sites for hydroxylation is 1. The number of nitrogens with one attached hydrogen (secondary N) is 1. The molecule has 0 aliphatic carbocycles. The molecule has 6 nitrogen and oxygen atoms in total. The molecule has 1 aliphatic heterocycles. The first-order chi connectivity index (χ1) is 11.6. The van der Waals surface area contributed by atoms with Crippen molar-refractivity contribution in [3.63, 3.8) is 0 Å². The molecule has 3 rings (SSSR count). The summed E-state index contributed by atoms with van der Waals surface area (Å²) in [5, 5.41) is 3.24. The monoisotopic (exact) mass is 330 g/mol. The number of pyridine rings is 1. The average molecular weight is 330 g/mol. The predicted molar refractivity (Wildman–Crippen MR) is 92.6 cm³/mol. The van der Waals surface area contributed by atoms with Crippen molar-refractivity contribution in [2.45, 2.75) is 20.4 Å². The van der Waals surface area contributed by atoms with Gasteiger partial charge >= 0.3 is 0 Å². The van der Waals surface area contributed by atoms with E-state index in [1.54, 1.807) is 12.3 Å². The van der Waals surface area contributed by atoms with E-state index in [2.05, 4.69) is 37.0 Å². The van der Waals surface area contributed by atoms with Gasteiger partial charge in [0.2, 0.25) is 5.95 Å². The molecular formula is C17H23FN6. The Kier molecular flexibility index (Phi) is 5.20. The van der Waals surface area contributed by atoms with E-state index in [-0.39, 0.29) is 5.82 Å². The van der Waals surface area contributed by atoms with Crippen LogP contribution in [0.5, 0.6) is 0 Å². The molecule has 1 fully saturated rings. The Hall–Kier alpha value is -2.28. The third-order valence-electron chi connectivity index (χ3n) is 4.02. The van der Waals surface area contributed by atoms with Crippen LogP contribution in [0, 0.1) is 12.7 Å². The maximum Gasteiger partial charge on any atom is 0.227 e. The standard InChI is InChI=1S/C17H23FN6/c1-3-20-16-8-13(2)21-17(22-16)24-6-4-23(5-7-24)12-14-9-15(18)11-19-10-14/h8-11H,3-7,12H2,1-2H3,(H,20,21,22). The van der Waals surface area contributed by atoms with Crippen LogP contribution in [0.2, 0.25) is 0 Å². The van der Waals surface area contributed by atoms with E-state index in [0.717, 1.165) is 62.3 Å². The molecule has 0 bridgehead atoms. The van der Waals surface area contributed by atoms with E-state index in [9.17, 15) is 4.39 Å². The van der Waals surface area contributed by atoms with Gasteiger partial charge in [0.05, 0.1) is 6.20 Å². The van der Waals surface area contributed by atoms with Crippen molar-refractivity contribution >= 4 is 11.8 Å². The van der Waals surface area contributed by atoms with E-state index in [0.29, 0.717) is 0 Å². The molecule has 3 heterocycles. The Bertz CT molecular complexity index is 685. The predicted octanol–water partition coefficient (Wildman–Crippen LogP) is 2.07. The second kappa shape index (κ2) is 7.53. The van der Waals surface area contributed by atoms with Crippen LogP contribution in [0.1, 0.15) is 18.2 Å². The summed E-state index contributed by atoms with van der Waals surface area (Å²) in [5.41, 5.74) is 1.87. The Morgan fingerprint density at radius 2 is 1.92 bits per heavy atom. The van der Waals surface area contributed by atoms with Gasteiger partial charge in [-0.2, -0.15) is 4.98 Å². The van der Waals surface area contributed by atoms with Crippen molar-refractivity contribution in [1.82, 2.24) is 19.9 Å². The van der Waals surface area contributed by atoms with Gasteiger partial charge in [-0.3, -0.25) is 9.88 Å². The molecule has 1 aliphatic rings. The van der Waals surface area contributed by atoms with Crippen LogP contribution in [0.4, 0.5) is 16.2 Å². The average Bonchev–Trinajstić information content (AvgIpc) is 2.55. The van der Waals surface area contributed by atoms with Crippen molar-refractivity contribution in [2.75, 3.05) is 42.9 Å². The van der Waals surface area contributed by atoms with Crippen molar-refractivity contribution in [3.8, 4) is 0 Å². The Morgan fingerprint density at radius 1 is 1.12 bits per heavy atom. The summed E-state index contributed by atoms with van der Waals surface area (Å²) < 4.78 is 13.2. The molecule has 0 atom stereocenters. The number of hydrogen-bond donors (Lipinski definition) is 1. The van der Waals surface area contributed by atoms with E-state index >= 15 is 0 Å². The highest BCUT2D eigenvalue weighted by molar-refractivity contribution is 5.43. The Balaban J connectivity index is 1.60. The minimum Gasteiger partial charge on any atom is -0.370 e. The number of rotatable bonds is 5. The molecule has 0 aromatic carbocycles. The van der Waals surface area contributed by atoms with E-state index in [4.69, 9.17) is 0 Å². The van der Waals surface area contributed by atoms with Gasteiger partial charge in [0.25, 0.3) is 0 Å². The van der Waals surface area contributed by atoms with Gasteiger partial charge in [-0.15, -0.1) is 0 Å². The minimum absolute atomic E-state index is 0.282. The second-order valence-corrected chi connectivity index (χ2v) is 6.00. The van der Waals surface area contributed by atoms with Gasteiger partial charge in [-0.05, 0) is 25.5 Å². The minimum atomic E-state index is -0.282. The molecule has 0 spiro atoms. The molecule has 0 amide bonds. The first kappa shape index (κ1) is 16.6. The van der Waals surface area contributed by atoms with Gasteiger partial charge in [0.1, 0.15) is 11.6 Å². The van der Waals surface area contributed by atoms with Crippen LogP contribution in [0.3, 0.4) is 0 Å². The van der Waals surface area contributed by atoms with Gasteiger partial charge in [-0.25, -0.2) is 9.37 Å². The highest BCUT2D eigenvalue weighted by Gasteiger charge is 2.20. The summed E-state index contributed by atoms with van der Waals surface area (Å²) in [5.74, 6) is 1.36. The molecule has 7 heteroatoms. The number of nitrogens with zero attached hydrogens (tertiary/aromatic N) is 5. The second-order valence-electron chi connectivity index (χ2n) is 6.00. The zero-order chi connectivity index (χ0) is 16.9. The molecule has 0 saturated carbocycles. The van der Waals surface area contributed by atoms with Crippen LogP contribution in [-0.4, -0.2) is 52.6 Å². The number of piperazine rings is 1. The maximum atomic E-state index is 13.2. The molecule has 128 valence electrons. The summed E-state index contributed by atoms with van der Waals surface area (Å²) >= 11 is 0. The van der Waals surface area contributed by atoms with Crippen LogP contribution in [-0.2, 0) is 6.54 Å². The maximum absolute atomic E-state index is 13.2. The van der Waals surface area contributed by atoms with Gasteiger partial charge in [-0.1, -0.05) is 0 Å². The third-order valence-corrected chi connectivity index (χ3v) is 4.02. The molecule has 2 aromatic rings. The van der Waals surface area contributed by atoms with Gasteiger partial charge in [0, 0.05) is 57.2 Å². The lowest BCUT2D eigenvalue weighted by atomic mass is 10.2. The third kappa shape index (κ3) is 4.17. The SMILES string of the molecule is CCNc1cc(C)nc(N2CCN(Cc3cncc(F)c3)CC2)n1. The molecule has 1 N–H and O–H groups in total. The summed E-state index contributed by atoms with van der Waals surface area (Å²) in [6, 6.07) is 3.51. The Labute approximate surface area is 141 Å². The molecule has 0 radical (unpaired) electrons. The first-order valence-corrected chi connectivity index (χ1v) is 8.30. The lowest BCUT2D eigenvalue weighted by molar-refractivity contribution is 0.248. The smallest absolute Gasteiger partial charge is 0.227 e. The fourth-order valence-corrected chi connectivity index (χ4v) is 2.87. The van der Waals surface area contributed by atoms with Crippen molar-refractivity contribution < 1.29 is 4.39 Å². The zero-order valence-corrected chi connectivity index (χ0v) is 14.2.